The minimum absolute atomic E-state index is 0.587. The van der Waals surface area contributed by atoms with Crippen molar-refractivity contribution < 1.29 is 13.2 Å². The van der Waals surface area contributed by atoms with Crippen LogP contribution < -0.4 is 10.6 Å². The molecule has 0 fully saturated rings. The van der Waals surface area contributed by atoms with Gasteiger partial charge in [-0.25, -0.2) is 0 Å². The van der Waals surface area contributed by atoms with Crippen molar-refractivity contribution in [3.63, 3.8) is 0 Å². The number of alkyl halides is 3. The maximum atomic E-state index is 13.1. The highest BCUT2D eigenvalue weighted by atomic mass is 19.4. The lowest BCUT2D eigenvalue weighted by Gasteiger charge is -2.31. The van der Waals surface area contributed by atoms with Crippen LogP contribution in [0, 0.1) is 0 Å². The molecule has 2 N–H and O–H groups in total. The number of halogens is 3. The van der Waals surface area contributed by atoms with Crippen LogP contribution in [0.3, 0.4) is 0 Å². The molecule has 0 heterocycles. The summed E-state index contributed by atoms with van der Waals surface area (Å²) in [6, 6.07) is 40.2. The average molecular weight is 551 g/mol. The number of para-hydroxylation sites is 2. The van der Waals surface area contributed by atoms with E-state index in [9.17, 15) is 13.2 Å². The van der Waals surface area contributed by atoms with Crippen LogP contribution in [0.4, 0.5) is 30.2 Å². The number of hydrogen-bond acceptors (Lipinski definition) is 2. The maximum Gasteiger partial charge on any atom is 0.416 e. The monoisotopic (exact) mass is 550 g/mol. The lowest BCUT2D eigenvalue weighted by atomic mass is 9.80. The van der Waals surface area contributed by atoms with Crippen LogP contribution in [-0.2, 0) is 11.7 Å². The van der Waals surface area contributed by atoms with Crippen molar-refractivity contribution in [1.29, 1.82) is 0 Å². The Kier molecular flexibility index (Phi) is 8.00. The quantitative estimate of drug-likeness (QED) is 0.208. The summed E-state index contributed by atoms with van der Waals surface area (Å²) in [5.41, 5.74) is 13.4. The number of anilines is 3. The highest BCUT2D eigenvalue weighted by Crippen LogP contribution is 2.40. The summed E-state index contributed by atoms with van der Waals surface area (Å²) in [7, 11) is 0. The molecule has 0 aliphatic carbocycles. The number of hydrogen-bond donors (Lipinski definition) is 1. The van der Waals surface area contributed by atoms with Gasteiger partial charge in [0.15, 0.2) is 0 Å². The van der Waals surface area contributed by atoms with Crippen molar-refractivity contribution in [3.8, 4) is 22.3 Å². The Labute approximate surface area is 239 Å². The van der Waals surface area contributed by atoms with Gasteiger partial charge in [-0.05, 0) is 95.3 Å². The normalized spacial score (nSPS) is 11.9. The molecule has 5 rings (SSSR count). The largest absolute Gasteiger partial charge is 0.416 e. The first-order valence-electron chi connectivity index (χ1n) is 13.8. The molecule has 0 saturated heterocycles. The zero-order valence-corrected chi connectivity index (χ0v) is 23.2. The zero-order chi connectivity index (χ0) is 29.0. The second kappa shape index (κ2) is 11.6. The van der Waals surface area contributed by atoms with E-state index in [-0.39, 0.29) is 0 Å². The Hall–Kier alpha value is -4.35. The standard InChI is InChI=1S/C36H33F3N2/c1-3-35(40,4-2)34-25-28(26-15-20-29(21-16-26)36(37,38)39)19-24-33(34)27-17-22-32(23-18-27)41(30-11-7-5-8-12-30)31-13-9-6-10-14-31/h5-25H,3-4,40H2,1-2H3. The molecule has 208 valence electrons. The van der Waals surface area contributed by atoms with Crippen LogP contribution in [0.5, 0.6) is 0 Å². The molecule has 5 aromatic carbocycles. The third kappa shape index (κ3) is 5.91. The van der Waals surface area contributed by atoms with Gasteiger partial charge < -0.3 is 10.6 Å². The van der Waals surface area contributed by atoms with Gasteiger partial charge in [0.05, 0.1) is 5.56 Å². The van der Waals surface area contributed by atoms with Gasteiger partial charge in [0.25, 0.3) is 0 Å². The molecule has 0 aromatic heterocycles. The summed E-state index contributed by atoms with van der Waals surface area (Å²) in [6.45, 7) is 4.14. The minimum Gasteiger partial charge on any atom is -0.321 e. The van der Waals surface area contributed by atoms with E-state index in [4.69, 9.17) is 5.73 Å². The summed E-state index contributed by atoms with van der Waals surface area (Å²) < 4.78 is 39.4. The summed E-state index contributed by atoms with van der Waals surface area (Å²) >= 11 is 0. The molecule has 5 aromatic rings. The van der Waals surface area contributed by atoms with Crippen LogP contribution in [0.25, 0.3) is 22.3 Å². The predicted molar refractivity (Wildman–Crippen MR) is 163 cm³/mol. The average Bonchev–Trinajstić information content (AvgIpc) is 3.01. The molecule has 2 nitrogen and oxygen atoms in total. The molecule has 0 spiro atoms. The molecule has 0 radical (unpaired) electrons. The van der Waals surface area contributed by atoms with Crippen LogP contribution in [0.1, 0.15) is 37.8 Å². The van der Waals surface area contributed by atoms with E-state index >= 15 is 0 Å². The molecular formula is C36H33F3N2. The van der Waals surface area contributed by atoms with E-state index in [0.29, 0.717) is 0 Å². The van der Waals surface area contributed by atoms with E-state index < -0.39 is 17.3 Å². The zero-order valence-electron chi connectivity index (χ0n) is 23.2. The van der Waals surface area contributed by atoms with E-state index in [1.54, 1.807) is 0 Å². The summed E-state index contributed by atoms with van der Waals surface area (Å²) in [6.07, 6.45) is -2.92. The van der Waals surface area contributed by atoms with Crippen molar-refractivity contribution in [2.75, 3.05) is 4.90 Å². The van der Waals surface area contributed by atoms with Gasteiger partial charge >= 0.3 is 6.18 Å². The van der Waals surface area contributed by atoms with E-state index in [0.717, 1.165) is 69.9 Å². The summed E-state index contributed by atoms with van der Waals surface area (Å²) in [5.74, 6) is 0. The predicted octanol–water partition coefficient (Wildman–Crippen LogP) is 10.5. The summed E-state index contributed by atoms with van der Waals surface area (Å²) in [4.78, 5) is 2.21. The minimum atomic E-state index is -4.37. The first-order chi connectivity index (χ1) is 19.7. The third-order valence-corrected chi connectivity index (χ3v) is 7.83. The lowest BCUT2D eigenvalue weighted by molar-refractivity contribution is -0.137. The SMILES string of the molecule is CCC(N)(CC)c1cc(-c2ccc(C(F)(F)F)cc2)ccc1-c1ccc(N(c2ccccc2)c2ccccc2)cc1. The first-order valence-corrected chi connectivity index (χ1v) is 13.8. The Morgan fingerprint density at radius 1 is 0.561 bits per heavy atom. The molecule has 0 aliphatic rings. The fourth-order valence-corrected chi connectivity index (χ4v) is 5.26. The lowest BCUT2D eigenvalue weighted by Crippen LogP contribution is -2.35. The Balaban J connectivity index is 1.56. The fraction of sp³-hybridized carbons (Fsp3) is 0.167. The Bertz CT molecular complexity index is 1530. The molecule has 0 saturated carbocycles. The number of rotatable bonds is 8. The molecule has 41 heavy (non-hydrogen) atoms. The van der Waals surface area contributed by atoms with Crippen molar-refractivity contribution in [2.24, 2.45) is 5.73 Å². The van der Waals surface area contributed by atoms with Gasteiger partial charge in [-0.1, -0.05) is 86.6 Å². The highest BCUT2D eigenvalue weighted by Gasteiger charge is 2.30. The van der Waals surface area contributed by atoms with Gasteiger partial charge in [-0.15, -0.1) is 0 Å². The topological polar surface area (TPSA) is 29.3 Å². The number of benzene rings is 5. The van der Waals surface area contributed by atoms with E-state index in [2.05, 4.69) is 67.3 Å². The first kappa shape index (κ1) is 28.2. The van der Waals surface area contributed by atoms with Gasteiger partial charge in [0.2, 0.25) is 0 Å². The van der Waals surface area contributed by atoms with Crippen LogP contribution >= 0.6 is 0 Å². The van der Waals surface area contributed by atoms with Crippen molar-refractivity contribution in [3.05, 3.63) is 139 Å². The molecule has 5 heteroatoms. The van der Waals surface area contributed by atoms with Crippen LogP contribution in [0.15, 0.2) is 127 Å². The van der Waals surface area contributed by atoms with Crippen LogP contribution in [-0.4, -0.2) is 0 Å². The van der Waals surface area contributed by atoms with Gasteiger partial charge in [0, 0.05) is 22.6 Å². The van der Waals surface area contributed by atoms with Gasteiger partial charge in [0.1, 0.15) is 0 Å². The maximum absolute atomic E-state index is 13.1. The molecule has 0 atom stereocenters. The van der Waals surface area contributed by atoms with Crippen molar-refractivity contribution in [1.82, 2.24) is 0 Å². The highest BCUT2D eigenvalue weighted by molar-refractivity contribution is 5.80. The fourth-order valence-electron chi connectivity index (χ4n) is 5.26. The second-order valence-electron chi connectivity index (χ2n) is 10.3. The van der Waals surface area contributed by atoms with Crippen molar-refractivity contribution in [2.45, 2.75) is 38.4 Å². The molecular weight excluding hydrogens is 517 g/mol. The molecule has 0 amide bonds. The van der Waals surface area contributed by atoms with Gasteiger partial charge in [-0.2, -0.15) is 13.2 Å². The van der Waals surface area contributed by atoms with Gasteiger partial charge in [-0.3, -0.25) is 0 Å². The third-order valence-electron chi connectivity index (χ3n) is 7.83. The number of nitrogens with zero attached hydrogens (tertiary/aromatic N) is 1. The Morgan fingerprint density at radius 3 is 1.51 bits per heavy atom. The Morgan fingerprint density at radius 2 is 1.02 bits per heavy atom. The molecule has 0 unspecified atom stereocenters. The molecule has 0 aliphatic heterocycles. The smallest absolute Gasteiger partial charge is 0.321 e. The number of nitrogens with two attached hydrogens (primary N) is 1. The van der Waals surface area contributed by atoms with Crippen LogP contribution in [0.2, 0.25) is 0 Å². The van der Waals surface area contributed by atoms with E-state index in [1.807, 2.05) is 54.6 Å². The summed E-state index contributed by atoms with van der Waals surface area (Å²) in [5, 5.41) is 0. The second-order valence-corrected chi connectivity index (χ2v) is 10.3. The van der Waals surface area contributed by atoms with E-state index in [1.165, 1.54) is 12.1 Å². The molecule has 0 bridgehead atoms. The van der Waals surface area contributed by atoms with Crippen molar-refractivity contribution >= 4 is 17.1 Å².